The molecule has 0 atom stereocenters. The summed E-state index contributed by atoms with van der Waals surface area (Å²) in [6.45, 7) is 13.6. The van der Waals surface area contributed by atoms with Crippen molar-refractivity contribution in [1.82, 2.24) is 25.1 Å². The first kappa shape index (κ1) is 23.6. The number of aliphatic imine (C=N–C) groups is 1. The predicted molar refractivity (Wildman–Crippen MR) is 127 cm³/mol. The average molecular weight is 515 g/mol. The third-order valence-corrected chi connectivity index (χ3v) is 6.44. The number of aromatic nitrogens is 2. The predicted octanol–water partition coefficient (Wildman–Crippen LogP) is 1.83. The van der Waals surface area contributed by atoms with Gasteiger partial charge in [-0.1, -0.05) is 13.8 Å². The van der Waals surface area contributed by atoms with Crippen LogP contribution in [0, 0.1) is 5.41 Å². The lowest BCUT2D eigenvalue weighted by atomic mass is 9.65. The van der Waals surface area contributed by atoms with E-state index < -0.39 is 0 Å². The van der Waals surface area contributed by atoms with Crippen molar-refractivity contribution in [2.24, 2.45) is 10.4 Å². The largest absolute Gasteiger partial charge is 0.356 e. The van der Waals surface area contributed by atoms with Gasteiger partial charge in [0.05, 0.1) is 0 Å². The van der Waals surface area contributed by atoms with Crippen LogP contribution in [0.1, 0.15) is 34.1 Å². The molecule has 2 aliphatic rings. The van der Waals surface area contributed by atoms with Crippen molar-refractivity contribution in [2.45, 2.75) is 39.7 Å². The quantitative estimate of drug-likeness (QED) is 0.375. The molecule has 2 saturated heterocycles. The fraction of sp³-hybridized carbons (Fsp3) is 0.700. The van der Waals surface area contributed by atoms with E-state index in [9.17, 15) is 4.79 Å². The summed E-state index contributed by atoms with van der Waals surface area (Å²) in [6.07, 6.45) is 3.97. The molecule has 0 bridgehead atoms. The Morgan fingerprint density at radius 3 is 2.28 bits per heavy atom. The number of carbonyl (C=O) groups excluding carboxylic acids is 1. The van der Waals surface area contributed by atoms with Crippen molar-refractivity contribution in [1.29, 1.82) is 0 Å². The first-order chi connectivity index (χ1) is 13.3. The highest BCUT2D eigenvalue weighted by atomic mass is 127. The van der Waals surface area contributed by atoms with Crippen molar-refractivity contribution < 1.29 is 4.79 Å². The fourth-order valence-electron chi connectivity index (χ4n) is 3.75. The molecule has 0 radical (unpaired) electrons. The van der Waals surface area contributed by atoms with Gasteiger partial charge in [0.2, 0.25) is 11.9 Å². The number of hydrogen-bond donors (Lipinski definition) is 1. The first-order valence-electron chi connectivity index (χ1n) is 10.0. The second-order valence-electron chi connectivity index (χ2n) is 8.67. The maximum atomic E-state index is 12.6. The van der Waals surface area contributed by atoms with E-state index in [4.69, 9.17) is 0 Å². The van der Waals surface area contributed by atoms with E-state index in [1.165, 1.54) is 0 Å². The topological polar surface area (TPSA) is 77.0 Å². The minimum atomic E-state index is 0. The number of rotatable bonds is 4. The monoisotopic (exact) mass is 515 g/mol. The van der Waals surface area contributed by atoms with E-state index in [-0.39, 0.29) is 40.8 Å². The molecule has 162 valence electrons. The Bertz CT molecular complexity index is 715. The maximum Gasteiger partial charge on any atom is 0.225 e. The highest BCUT2D eigenvalue weighted by Crippen LogP contribution is 2.46. The minimum absolute atomic E-state index is 0. The molecule has 0 saturated carbocycles. The van der Waals surface area contributed by atoms with Crippen LogP contribution < -0.4 is 10.2 Å². The lowest BCUT2D eigenvalue weighted by molar-refractivity contribution is -0.131. The third kappa shape index (κ3) is 4.92. The van der Waals surface area contributed by atoms with Gasteiger partial charge in [-0.3, -0.25) is 9.79 Å². The summed E-state index contributed by atoms with van der Waals surface area (Å²) in [6, 6.07) is 1.81. The summed E-state index contributed by atoms with van der Waals surface area (Å²) in [4.78, 5) is 31.9. The van der Waals surface area contributed by atoms with E-state index >= 15 is 0 Å². The summed E-state index contributed by atoms with van der Waals surface area (Å²) in [5.74, 6) is 1.79. The molecular weight excluding hydrogens is 481 g/mol. The van der Waals surface area contributed by atoms with Gasteiger partial charge in [0.15, 0.2) is 5.96 Å². The van der Waals surface area contributed by atoms with E-state index in [2.05, 4.69) is 57.8 Å². The molecule has 1 aromatic rings. The Labute approximate surface area is 191 Å². The second-order valence-corrected chi connectivity index (χ2v) is 8.67. The lowest BCUT2D eigenvalue weighted by Crippen LogP contribution is -2.72. The van der Waals surface area contributed by atoms with Crippen LogP contribution in [0.25, 0.3) is 0 Å². The Morgan fingerprint density at radius 2 is 1.76 bits per heavy atom. The van der Waals surface area contributed by atoms with E-state index in [1.54, 1.807) is 19.4 Å². The van der Waals surface area contributed by atoms with Gasteiger partial charge in [0, 0.05) is 76.1 Å². The second kappa shape index (κ2) is 9.44. The number of piperazine rings is 1. The van der Waals surface area contributed by atoms with Crippen molar-refractivity contribution in [3.63, 3.8) is 0 Å². The molecule has 0 aliphatic carbocycles. The number of carbonyl (C=O) groups is 1. The van der Waals surface area contributed by atoms with Crippen LogP contribution in [0.4, 0.5) is 5.95 Å². The number of anilines is 1. The molecule has 1 aromatic heterocycles. The summed E-state index contributed by atoms with van der Waals surface area (Å²) in [5.41, 5.74) is 0.303. The molecule has 0 spiro atoms. The van der Waals surface area contributed by atoms with E-state index in [0.29, 0.717) is 26.1 Å². The average Bonchev–Trinajstić information content (AvgIpc) is 2.70. The molecule has 8 nitrogen and oxygen atoms in total. The molecular formula is C20H34IN7O. The number of nitrogens with zero attached hydrogens (tertiary/aromatic N) is 6. The van der Waals surface area contributed by atoms with Crippen LogP contribution in [0.2, 0.25) is 0 Å². The number of amides is 1. The van der Waals surface area contributed by atoms with Gasteiger partial charge >= 0.3 is 0 Å². The van der Waals surface area contributed by atoms with Crippen LogP contribution in [0.3, 0.4) is 0 Å². The lowest BCUT2D eigenvalue weighted by Gasteiger charge is -2.62. The van der Waals surface area contributed by atoms with Crippen LogP contribution in [0.15, 0.2) is 23.5 Å². The normalized spacial score (nSPS) is 20.6. The molecule has 3 heterocycles. The SMILES string of the molecule is CN=C(NCCC(=O)N1CCN(c2ncccn2)CC1)N1CC(C)(C)C1(C)C.I. The smallest absolute Gasteiger partial charge is 0.225 e. The summed E-state index contributed by atoms with van der Waals surface area (Å²) < 4.78 is 0. The Balaban J connectivity index is 0.00000300. The van der Waals surface area contributed by atoms with Gasteiger partial charge in [0.25, 0.3) is 0 Å². The van der Waals surface area contributed by atoms with E-state index in [1.807, 2.05) is 11.0 Å². The summed E-state index contributed by atoms with van der Waals surface area (Å²) in [5, 5.41) is 3.37. The zero-order valence-corrected chi connectivity index (χ0v) is 20.5. The van der Waals surface area contributed by atoms with Gasteiger partial charge in [-0.25, -0.2) is 9.97 Å². The van der Waals surface area contributed by atoms with Gasteiger partial charge < -0.3 is 20.0 Å². The van der Waals surface area contributed by atoms with Crippen LogP contribution >= 0.6 is 24.0 Å². The third-order valence-electron chi connectivity index (χ3n) is 6.44. The molecule has 1 N–H and O–H groups in total. The highest BCUT2D eigenvalue weighted by Gasteiger charge is 2.53. The first-order valence-corrected chi connectivity index (χ1v) is 10.0. The number of hydrogen-bond acceptors (Lipinski definition) is 5. The molecule has 1 amide bonds. The minimum Gasteiger partial charge on any atom is -0.356 e. The van der Waals surface area contributed by atoms with Crippen LogP contribution in [-0.4, -0.2) is 83.5 Å². The highest BCUT2D eigenvalue weighted by molar-refractivity contribution is 14.0. The summed E-state index contributed by atoms with van der Waals surface area (Å²) in [7, 11) is 1.80. The van der Waals surface area contributed by atoms with Gasteiger partial charge in [0.1, 0.15) is 0 Å². The van der Waals surface area contributed by atoms with Crippen LogP contribution in [-0.2, 0) is 4.79 Å². The molecule has 3 rings (SSSR count). The van der Waals surface area contributed by atoms with Crippen molar-refractivity contribution in [2.75, 3.05) is 51.2 Å². The van der Waals surface area contributed by atoms with Gasteiger partial charge in [-0.15, -0.1) is 24.0 Å². The summed E-state index contributed by atoms with van der Waals surface area (Å²) >= 11 is 0. The molecule has 29 heavy (non-hydrogen) atoms. The fourth-order valence-corrected chi connectivity index (χ4v) is 3.75. The van der Waals surface area contributed by atoms with E-state index in [0.717, 1.165) is 31.5 Å². The molecule has 0 aromatic carbocycles. The molecule has 9 heteroatoms. The molecule has 2 aliphatic heterocycles. The zero-order valence-electron chi connectivity index (χ0n) is 18.2. The standard InChI is InChI=1S/C20H33N7O.HI/c1-19(2)15-27(20(19,3)4)17(21-5)24-10-7-16(28)25-11-13-26(14-12-25)18-22-8-6-9-23-18;/h6,8-9H,7,10-15H2,1-5H3,(H,21,24);1H. The van der Waals surface area contributed by atoms with Crippen molar-refractivity contribution >= 4 is 41.8 Å². The zero-order chi connectivity index (χ0) is 20.4. The molecule has 2 fully saturated rings. The van der Waals surface area contributed by atoms with Crippen LogP contribution in [0.5, 0.6) is 0 Å². The van der Waals surface area contributed by atoms with Gasteiger partial charge in [-0.2, -0.15) is 0 Å². The van der Waals surface area contributed by atoms with Gasteiger partial charge in [-0.05, 0) is 19.9 Å². The number of nitrogens with one attached hydrogen (secondary N) is 1. The number of likely N-dealkylation sites (tertiary alicyclic amines) is 1. The Morgan fingerprint density at radius 1 is 1.14 bits per heavy atom. The Kier molecular flexibility index (Phi) is 7.69. The van der Waals surface area contributed by atoms with Crippen molar-refractivity contribution in [3.05, 3.63) is 18.5 Å². The number of guanidine groups is 1. The molecule has 0 unspecified atom stereocenters. The Hall–Kier alpha value is -1.65. The van der Waals surface area contributed by atoms with Crippen molar-refractivity contribution in [3.8, 4) is 0 Å². The number of halogens is 1. The maximum absolute atomic E-state index is 12.6.